The average molecular weight is 255 g/mol. The van der Waals surface area contributed by atoms with Gasteiger partial charge in [0.2, 0.25) is 0 Å². The molecule has 1 saturated heterocycles. The first-order chi connectivity index (χ1) is 8.36. The first-order valence-electron chi connectivity index (χ1n) is 6.95. The van der Waals surface area contributed by atoms with Crippen LogP contribution in [0.15, 0.2) is 0 Å². The molecule has 0 aromatic carbocycles. The van der Waals surface area contributed by atoms with Gasteiger partial charge in [0.15, 0.2) is 0 Å². The zero-order valence-corrected chi connectivity index (χ0v) is 11.7. The molecule has 1 heterocycles. The molecule has 1 aliphatic heterocycles. The highest BCUT2D eigenvalue weighted by Gasteiger charge is 2.48. The Morgan fingerprint density at radius 3 is 2.78 bits per heavy atom. The van der Waals surface area contributed by atoms with E-state index >= 15 is 0 Å². The van der Waals surface area contributed by atoms with E-state index in [1.807, 2.05) is 25.7 Å². The minimum Gasteiger partial charge on any atom is -0.444 e. The highest BCUT2D eigenvalue weighted by atomic mass is 16.6. The Labute approximate surface area is 109 Å². The summed E-state index contributed by atoms with van der Waals surface area (Å²) in [5.74, 6) is 0.366. The molecule has 1 saturated carbocycles. The molecule has 2 fully saturated rings. The van der Waals surface area contributed by atoms with E-state index in [0.717, 1.165) is 32.4 Å². The monoisotopic (exact) mass is 255 g/mol. The zero-order chi connectivity index (χ0) is 13.4. The van der Waals surface area contributed by atoms with Gasteiger partial charge in [-0.15, -0.1) is 0 Å². The fraction of sp³-hybridized carbons (Fsp3) is 0.929. The quantitative estimate of drug-likeness (QED) is 0.782. The number of rotatable bonds is 1. The highest BCUT2D eigenvalue weighted by Crippen LogP contribution is 2.49. The molecule has 18 heavy (non-hydrogen) atoms. The van der Waals surface area contributed by atoms with Gasteiger partial charge in [-0.1, -0.05) is 6.42 Å². The minimum atomic E-state index is -0.432. The third-order valence-electron chi connectivity index (χ3n) is 4.35. The van der Waals surface area contributed by atoms with Crippen LogP contribution in [0, 0.1) is 11.3 Å². The van der Waals surface area contributed by atoms with Gasteiger partial charge in [-0.3, -0.25) is 0 Å². The minimum absolute atomic E-state index is 0.158. The van der Waals surface area contributed by atoms with Gasteiger partial charge in [0.1, 0.15) is 5.60 Å². The van der Waals surface area contributed by atoms with Crippen LogP contribution in [-0.4, -0.2) is 41.4 Å². The topological polar surface area (TPSA) is 49.8 Å². The maximum absolute atomic E-state index is 12.0. The van der Waals surface area contributed by atoms with E-state index in [2.05, 4.69) is 0 Å². The predicted octanol–water partition coefficient (Wildman–Crippen LogP) is 2.41. The van der Waals surface area contributed by atoms with Gasteiger partial charge in [0.05, 0.1) is 0 Å². The number of amides is 1. The number of carbonyl (C=O) groups excluding carboxylic acids is 1. The van der Waals surface area contributed by atoms with E-state index in [-0.39, 0.29) is 18.1 Å². The van der Waals surface area contributed by atoms with Crippen molar-refractivity contribution in [3.05, 3.63) is 0 Å². The number of ether oxygens (including phenoxy) is 1. The van der Waals surface area contributed by atoms with Crippen molar-refractivity contribution in [2.24, 2.45) is 11.3 Å². The fourth-order valence-electron chi connectivity index (χ4n) is 3.41. The van der Waals surface area contributed by atoms with Crippen molar-refractivity contribution in [3.63, 3.8) is 0 Å². The van der Waals surface area contributed by atoms with Gasteiger partial charge in [-0.05, 0) is 51.4 Å². The summed E-state index contributed by atoms with van der Waals surface area (Å²) in [4.78, 5) is 13.9. The molecule has 2 atom stereocenters. The Bertz CT molecular complexity index is 323. The lowest BCUT2D eigenvalue weighted by Crippen LogP contribution is -2.38. The van der Waals surface area contributed by atoms with Crippen molar-refractivity contribution in [3.8, 4) is 0 Å². The first kappa shape index (κ1) is 13.7. The Balaban J connectivity index is 1.98. The van der Waals surface area contributed by atoms with Crippen molar-refractivity contribution < 1.29 is 14.6 Å². The van der Waals surface area contributed by atoms with E-state index < -0.39 is 5.60 Å². The maximum Gasteiger partial charge on any atom is 0.410 e. The van der Waals surface area contributed by atoms with Gasteiger partial charge in [0, 0.05) is 19.7 Å². The number of carbonyl (C=O) groups is 1. The average Bonchev–Trinajstić information content (AvgIpc) is 2.84. The smallest absolute Gasteiger partial charge is 0.410 e. The first-order valence-corrected chi connectivity index (χ1v) is 6.95. The van der Waals surface area contributed by atoms with E-state index in [9.17, 15) is 9.90 Å². The maximum atomic E-state index is 12.0. The second kappa shape index (κ2) is 4.72. The number of hydrogen-bond donors (Lipinski definition) is 1. The summed E-state index contributed by atoms with van der Waals surface area (Å²) in [6.45, 7) is 7.45. The summed E-state index contributed by atoms with van der Waals surface area (Å²) < 4.78 is 5.42. The van der Waals surface area contributed by atoms with Crippen molar-refractivity contribution in [1.29, 1.82) is 0 Å². The molecule has 0 aromatic rings. The third kappa shape index (κ3) is 2.63. The molecule has 1 N–H and O–H groups in total. The zero-order valence-electron chi connectivity index (χ0n) is 11.7. The van der Waals surface area contributed by atoms with Crippen molar-refractivity contribution in [2.45, 2.75) is 52.1 Å². The number of aliphatic hydroxyl groups is 1. The number of hydrogen-bond acceptors (Lipinski definition) is 3. The van der Waals surface area contributed by atoms with Crippen molar-refractivity contribution in [1.82, 2.24) is 4.90 Å². The molecule has 2 aliphatic rings. The molecule has 0 aromatic heterocycles. The standard InChI is InChI=1S/C14H25NO3/c1-13(2,3)18-12(17)15-8-7-14(10-15)6-4-5-11(14)9-16/h11,16H,4-10H2,1-3H3/t11-,14+/m0/s1. The second-order valence-corrected chi connectivity index (χ2v) is 6.79. The van der Waals surface area contributed by atoms with Crippen LogP contribution in [-0.2, 0) is 4.74 Å². The van der Waals surface area contributed by atoms with E-state index in [1.165, 1.54) is 6.42 Å². The van der Waals surface area contributed by atoms with Crippen LogP contribution in [0.3, 0.4) is 0 Å². The molecule has 0 unspecified atom stereocenters. The lowest BCUT2D eigenvalue weighted by molar-refractivity contribution is 0.0250. The SMILES string of the molecule is CC(C)(C)OC(=O)N1CC[C@]2(CCC[C@H]2CO)C1. The summed E-state index contributed by atoms with van der Waals surface area (Å²) in [5.41, 5.74) is -0.273. The second-order valence-electron chi connectivity index (χ2n) is 6.79. The molecule has 1 aliphatic carbocycles. The summed E-state index contributed by atoms with van der Waals surface area (Å²) in [7, 11) is 0. The van der Waals surface area contributed by atoms with Crippen LogP contribution < -0.4 is 0 Å². The predicted molar refractivity (Wildman–Crippen MR) is 69.3 cm³/mol. The Morgan fingerprint density at radius 2 is 2.17 bits per heavy atom. The molecule has 104 valence electrons. The van der Waals surface area contributed by atoms with Crippen LogP contribution in [0.1, 0.15) is 46.5 Å². The molecular formula is C14H25NO3. The van der Waals surface area contributed by atoms with Crippen LogP contribution in [0.5, 0.6) is 0 Å². The Morgan fingerprint density at radius 1 is 1.44 bits per heavy atom. The molecule has 4 nitrogen and oxygen atoms in total. The highest BCUT2D eigenvalue weighted by molar-refractivity contribution is 5.68. The Kier molecular flexibility index (Phi) is 3.58. The van der Waals surface area contributed by atoms with Crippen LogP contribution >= 0.6 is 0 Å². The largest absolute Gasteiger partial charge is 0.444 e. The van der Waals surface area contributed by atoms with Gasteiger partial charge < -0.3 is 14.7 Å². The van der Waals surface area contributed by atoms with E-state index in [0.29, 0.717) is 5.92 Å². The number of nitrogens with zero attached hydrogens (tertiary/aromatic N) is 1. The van der Waals surface area contributed by atoms with Gasteiger partial charge in [0.25, 0.3) is 0 Å². The van der Waals surface area contributed by atoms with Crippen molar-refractivity contribution in [2.75, 3.05) is 19.7 Å². The van der Waals surface area contributed by atoms with Crippen molar-refractivity contribution >= 4 is 6.09 Å². The summed E-state index contributed by atoms with van der Waals surface area (Å²) in [6.07, 6.45) is 4.21. The third-order valence-corrected chi connectivity index (χ3v) is 4.35. The molecule has 1 amide bonds. The summed E-state index contributed by atoms with van der Waals surface area (Å²) >= 11 is 0. The molecule has 4 heteroatoms. The number of likely N-dealkylation sites (tertiary alicyclic amines) is 1. The van der Waals surface area contributed by atoms with E-state index in [1.54, 1.807) is 0 Å². The fourth-order valence-corrected chi connectivity index (χ4v) is 3.41. The number of aliphatic hydroxyl groups excluding tert-OH is 1. The van der Waals surface area contributed by atoms with Crippen LogP contribution in [0.25, 0.3) is 0 Å². The summed E-state index contributed by atoms with van der Waals surface area (Å²) in [6, 6.07) is 0. The Hall–Kier alpha value is -0.770. The van der Waals surface area contributed by atoms with Gasteiger partial charge >= 0.3 is 6.09 Å². The molecular weight excluding hydrogens is 230 g/mol. The van der Waals surface area contributed by atoms with Crippen LogP contribution in [0.2, 0.25) is 0 Å². The van der Waals surface area contributed by atoms with Gasteiger partial charge in [-0.25, -0.2) is 4.79 Å². The van der Waals surface area contributed by atoms with Gasteiger partial charge in [-0.2, -0.15) is 0 Å². The molecule has 1 spiro atoms. The molecule has 2 rings (SSSR count). The normalized spacial score (nSPS) is 32.2. The lowest BCUT2D eigenvalue weighted by Gasteiger charge is -2.30. The molecule has 0 bridgehead atoms. The van der Waals surface area contributed by atoms with E-state index in [4.69, 9.17) is 4.74 Å². The summed E-state index contributed by atoms with van der Waals surface area (Å²) in [5, 5.41) is 9.47. The lowest BCUT2D eigenvalue weighted by atomic mass is 9.77. The molecule has 0 radical (unpaired) electrons. The van der Waals surface area contributed by atoms with Crippen LogP contribution in [0.4, 0.5) is 4.79 Å².